The van der Waals surface area contributed by atoms with Gasteiger partial charge in [0.1, 0.15) is 18.3 Å². The zero-order valence-electron chi connectivity index (χ0n) is 21.5. The summed E-state index contributed by atoms with van der Waals surface area (Å²) in [5.74, 6) is -1.49. The third kappa shape index (κ3) is 8.22. The van der Waals surface area contributed by atoms with E-state index in [1.54, 1.807) is 0 Å². The molecule has 1 aliphatic heterocycles. The second-order valence-electron chi connectivity index (χ2n) is 9.17. The van der Waals surface area contributed by atoms with Gasteiger partial charge in [-0.25, -0.2) is 0 Å². The van der Waals surface area contributed by atoms with Crippen LogP contribution >= 0.6 is 0 Å². The van der Waals surface area contributed by atoms with Gasteiger partial charge < -0.3 is 18.9 Å². The lowest BCUT2D eigenvalue weighted by Crippen LogP contribution is -2.59. The molecule has 0 spiro atoms. The van der Waals surface area contributed by atoms with Crippen molar-refractivity contribution in [3.63, 3.8) is 0 Å². The summed E-state index contributed by atoms with van der Waals surface area (Å²) in [5, 5.41) is 0. The number of carbonyl (C=O) groups is 2. The van der Waals surface area contributed by atoms with Crippen molar-refractivity contribution in [2.75, 3.05) is 13.2 Å². The van der Waals surface area contributed by atoms with Crippen LogP contribution in [0.1, 0.15) is 23.6 Å². The lowest BCUT2D eigenvalue weighted by molar-refractivity contribution is -0.219. The van der Waals surface area contributed by atoms with E-state index in [0.717, 1.165) is 16.7 Å². The maximum atomic E-state index is 13.1. The van der Waals surface area contributed by atoms with E-state index in [-0.39, 0.29) is 25.7 Å². The number of carbonyl (C=O) groups excluding carboxylic acids is 2. The first-order valence-corrected chi connectivity index (χ1v) is 12.7. The molecule has 0 aromatic heterocycles. The van der Waals surface area contributed by atoms with E-state index in [0.29, 0.717) is 13.2 Å². The van der Waals surface area contributed by atoms with Crippen LogP contribution < -0.4 is 10.9 Å². The highest BCUT2D eigenvalue weighted by molar-refractivity contribution is 5.83. The minimum atomic E-state index is -0.711. The predicted molar refractivity (Wildman–Crippen MR) is 141 cm³/mol. The molecular weight excluding hydrogens is 484 g/mol. The summed E-state index contributed by atoms with van der Waals surface area (Å²) >= 11 is 0. The Hall–Kier alpha value is -3.56. The predicted octanol–water partition coefficient (Wildman–Crippen LogP) is 3.56. The summed E-state index contributed by atoms with van der Waals surface area (Å²) in [4.78, 5) is 24.5. The molecule has 3 aromatic rings. The molecule has 38 heavy (non-hydrogen) atoms. The highest BCUT2D eigenvalue weighted by atomic mass is 16.6. The topological polar surface area (TPSA) is 95.1 Å². The number of hydrogen-bond acceptors (Lipinski definition) is 6. The van der Waals surface area contributed by atoms with Crippen LogP contribution in [0, 0.1) is 5.92 Å². The third-order valence-electron chi connectivity index (χ3n) is 6.24. The first-order valence-electron chi connectivity index (χ1n) is 12.7. The molecule has 8 heteroatoms. The van der Waals surface area contributed by atoms with E-state index >= 15 is 0 Å². The number of nitrogens with one attached hydrogen (secondary N) is 2. The van der Waals surface area contributed by atoms with Gasteiger partial charge in [-0.3, -0.25) is 20.4 Å². The minimum absolute atomic E-state index is 0.0927. The number of hydrogen-bond donors (Lipinski definition) is 2. The third-order valence-corrected chi connectivity index (χ3v) is 6.24. The lowest BCUT2D eigenvalue weighted by Gasteiger charge is -2.41. The van der Waals surface area contributed by atoms with Crippen molar-refractivity contribution in [1.29, 1.82) is 0 Å². The molecule has 2 N–H and O–H groups in total. The van der Waals surface area contributed by atoms with Crippen LogP contribution in [0.4, 0.5) is 0 Å². The number of benzene rings is 3. The fraction of sp³-hybridized carbons (Fsp3) is 0.333. The normalized spacial score (nSPS) is 21.0. The van der Waals surface area contributed by atoms with Gasteiger partial charge in [0.25, 0.3) is 0 Å². The molecule has 1 heterocycles. The smallest absolute Gasteiger partial charge is 0.246 e. The van der Waals surface area contributed by atoms with Gasteiger partial charge in [0, 0.05) is 6.92 Å². The van der Waals surface area contributed by atoms with Gasteiger partial charge in [0.05, 0.1) is 39.0 Å². The monoisotopic (exact) mass is 518 g/mol. The zero-order chi connectivity index (χ0) is 26.6. The molecule has 200 valence electrons. The Kier molecular flexibility index (Phi) is 10.4. The molecular formula is C30H34N2O6. The molecule has 0 radical (unpaired) electrons. The average Bonchev–Trinajstić information content (AvgIpc) is 2.95. The molecule has 8 nitrogen and oxygen atoms in total. The summed E-state index contributed by atoms with van der Waals surface area (Å²) in [6, 6.07) is 29.4. The Morgan fingerprint density at radius 2 is 1.24 bits per heavy atom. The van der Waals surface area contributed by atoms with Crippen LogP contribution in [-0.4, -0.2) is 43.3 Å². The van der Waals surface area contributed by atoms with Crippen LogP contribution in [0.2, 0.25) is 0 Å². The summed E-state index contributed by atoms with van der Waals surface area (Å²) < 4.78 is 24.9. The molecule has 3 aromatic carbocycles. The Balaban J connectivity index is 1.52. The second-order valence-corrected chi connectivity index (χ2v) is 9.17. The van der Waals surface area contributed by atoms with Crippen LogP contribution in [0.15, 0.2) is 91.0 Å². The standard InChI is InChI=1S/C30H34N2O6/c1-22(33)31-32-30(34)26-20-36-27(21-35-17-23-11-5-2-6-12-23)29(38-19-25-15-9-4-10-16-25)28(26)37-18-24-13-7-3-8-14-24/h2-16,26-29H,17-21H2,1H3,(H,31,33)(H,32,34). The van der Waals surface area contributed by atoms with Gasteiger partial charge in [-0.15, -0.1) is 0 Å². The summed E-state index contributed by atoms with van der Waals surface area (Å²) in [7, 11) is 0. The van der Waals surface area contributed by atoms with E-state index in [1.165, 1.54) is 6.92 Å². The van der Waals surface area contributed by atoms with Crippen molar-refractivity contribution in [3.8, 4) is 0 Å². The van der Waals surface area contributed by atoms with E-state index in [4.69, 9.17) is 18.9 Å². The highest BCUT2D eigenvalue weighted by Crippen LogP contribution is 2.28. The quantitative estimate of drug-likeness (QED) is 0.377. The minimum Gasteiger partial charge on any atom is -0.374 e. The van der Waals surface area contributed by atoms with Gasteiger partial charge >= 0.3 is 0 Å². The van der Waals surface area contributed by atoms with E-state index in [2.05, 4.69) is 10.9 Å². The van der Waals surface area contributed by atoms with Gasteiger partial charge in [-0.05, 0) is 16.7 Å². The van der Waals surface area contributed by atoms with Crippen molar-refractivity contribution in [1.82, 2.24) is 10.9 Å². The fourth-order valence-corrected chi connectivity index (χ4v) is 4.28. The molecule has 0 aliphatic carbocycles. The maximum Gasteiger partial charge on any atom is 0.246 e. The van der Waals surface area contributed by atoms with Crippen LogP contribution in [0.5, 0.6) is 0 Å². The Bertz CT molecular complexity index is 1130. The van der Waals surface area contributed by atoms with Crippen LogP contribution in [-0.2, 0) is 48.4 Å². The van der Waals surface area contributed by atoms with Gasteiger partial charge in [-0.1, -0.05) is 91.0 Å². The number of amides is 2. The Labute approximate surface area is 223 Å². The van der Waals surface area contributed by atoms with E-state index in [1.807, 2.05) is 91.0 Å². The zero-order valence-corrected chi connectivity index (χ0v) is 21.5. The van der Waals surface area contributed by atoms with Gasteiger partial charge in [-0.2, -0.15) is 0 Å². The summed E-state index contributed by atoms with van der Waals surface area (Å²) in [5.41, 5.74) is 7.84. The van der Waals surface area contributed by atoms with Crippen molar-refractivity contribution in [2.24, 2.45) is 5.92 Å². The molecule has 4 rings (SSSR count). The fourth-order valence-electron chi connectivity index (χ4n) is 4.28. The maximum absolute atomic E-state index is 13.1. The Morgan fingerprint density at radius 3 is 1.76 bits per heavy atom. The van der Waals surface area contributed by atoms with Gasteiger partial charge in [0.15, 0.2) is 0 Å². The average molecular weight is 519 g/mol. The number of ether oxygens (including phenoxy) is 4. The molecule has 1 saturated heterocycles. The molecule has 4 unspecified atom stereocenters. The second kappa shape index (κ2) is 14.4. The molecule has 2 amide bonds. The largest absolute Gasteiger partial charge is 0.374 e. The highest BCUT2D eigenvalue weighted by Gasteiger charge is 2.45. The van der Waals surface area contributed by atoms with Crippen LogP contribution in [0.3, 0.4) is 0 Å². The summed E-state index contributed by atoms with van der Waals surface area (Å²) in [6.07, 6.45) is -1.71. The molecule has 1 aliphatic rings. The lowest BCUT2D eigenvalue weighted by atomic mass is 9.91. The van der Waals surface area contributed by atoms with E-state index in [9.17, 15) is 9.59 Å². The molecule has 0 bridgehead atoms. The van der Waals surface area contributed by atoms with E-state index < -0.39 is 30.1 Å². The van der Waals surface area contributed by atoms with Crippen LogP contribution in [0.25, 0.3) is 0 Å². The van der Waals surface area contributed by atoms with Crippen molar-refractivity contribution in [3.05, 3.63) is 108 Å². The molecule has 4 atom stereocenters. The first-order chi connectivity index (χ1) is 18.6. The van der Waals surface area contributed by atoms with Crippen molar-refractivity contribution in [2.45, 2.75) is 45.1 Å². The first kappa shape index (κ1) is 27.5. The number of hydrazine groups is 1. The molecule has 1 fully saturated rings. The Morgan fingerprint density at radius 1 is 0.737 bits per heavy atom. The van der Waals surface area contributed by atoms with Crippen molar-refractivity contribution < 1.29 is 28.5 Å². The number of rotatable bonds is 11. The van der Waals surface area contributed by atoms with Crippen molar-refractivity contribution >= 4 is 11.8 Å². The molecule has 0 saturated carbocycles. The van der Waals surface area contributed by atoms with Gasteiger partial charge in [0.2, 0.25) is 11.8 Å². The summed E-state index contributed by atoms with van der Waals surface area (Å²) in [6.45, 7) is 2.71. The SMILES string of the molecule is CC(=O)NNC(=O)C1COC(COCc2ccccc2)C(OCc2ccccc2)C1OCc1ccccc1.